The van der Waals surface area contributed by atoms with Gasteiger partial charge in [0, 0.05) is 12.8 Å². The van der Waals surface area contributed by atoms with Crippen LogP contribution in [0.3, 0.4) is 0 Å². The predicted molar refractivity (Wildman–Crippen MR) is 47.8 cm³/mol. The van der Waals surface area contributed by atoms with E-state index in [1.807, 2.05) is 0 Å². The molecule has 0 amide bonds. The molecule has 1 nitrogen and oxygen atoms in total. The first kappa shape index (κ1) is 10.9. The summed E-state index contributed by atoms with van der Waals surface area (Å²) in [4.78, 5) is 0. The van der Waals surface area contributed by atoms with E-state index < -0.39 is 11.5 Å². The number of rotatable bonds is 3. The van der Waals surface area contributed by atoms with Crippen LogP contribution in [0.15, 0.2) is 0 Å². The fourth-order valence-electron chi connectivity index (χ4n) is 1.85. The standard InChI is InChI=1S/C10H18F2O/c1-9(2,13)5-3-8-4-6-10(11,12)7-8/h8,13H,3-7H2,1-2H3. The Kier molecular flexibility index (Phi) is 2.95. The van der Waals surface area contributed by atoms with E-state index in [1.54, 1.807) is 13.8 Å². The molecule has 0 radical (unpaired) electrons. The minimum Gasteiger partial charge on any atom is -0.390 e. The molecule has 1 fully saturated rings. The topological polar surface area (TPSA) is 20.2 Å². The van der Waals surface area contributed by atoms with E-state index in [0.717, 1.165) is 6.42 Å². The molecule has 0 aromatic carbocycles. The smallest absolute Gasteiger partial charge is 0.248 e. The van der Waals surface area contributed by atoms with Gasteiger partial charge in [0.15, 0.2) is 0 Å². The van der Waals surface area contributed by atoms with Crippen molar-refractivity contribution in [2.75, 3.05) is 0 Å². The van der Waals surface area contributed by atoms with Crippen LogP contribution in [0.2, 0.25) is 0 Å². The number of hydrogen-bond donors (Lipinski definition) is 1. The van der Waals surface area contributed by atoms with E-state index in [9.17, 15) is 13.9 Å². The summed E-state index contributed by atoms with van der Waals surface area (Å²) in [5.41, 5.74) is -0.710. The van der Waals surface area contributed by atoms with Gasteiger partial charge < -0.3 is 5.11 Å². The Morgan fingerprint density at radius 3 is 2.46 bits per heavy atom. The van der Waals surface area contributed by atoms with Crippen LogP contribution in [0.1, 0.15) is 46.0 Å². The van der Waals surface area contributed by atoms with E-state index in [2.05, 4.69) is 0 Å². The molecule has 3 heteroatoms. The number of hydrogen-bond acceptors (Lipinski definition) is 1. The highest BCUT2D eigenvalue weighted by Gasteiger charge is 2.39. The molecule has 0 bridgehead atoms. The molecule has 1 atom stereocenters. The first-order chi connectivity index (χ1) is 5.79. The van der Waals surface area contributed by atoms with Crippen molar-refractivity contribution in [2.24, 2.45) is 5.92 Å². The zero-order chi connectivity index (χ0) is 10.1. The van der Waals surface area contributed by atoms with Crippen LogP contribution in [-0.2, 0) is 0 Å². The minimum absolute atomic E-state index is 0.0169. The van der Waals surface area contributed by atoms with Crippen LogP contribution >= 0.6 is 0 Å². The Labute approximate surface area is 78.1 Å². The second-order valence-electron chi connectivity index (χ2n) is 4.82. The molecule has 13 heavy (non-hydrogen) atoms. The Morgan fingerprint density at radius 2 is 2.08 bits per heavy atom. The molecular formula is C10H18F2O. The van der Waals surface area contributed by atoms with E-state index >= 15 is 0 Å². The summed E-state index contributed by atoms with van der Waals surface area (Å²) in [5, 5.41) is 9.42. The van der Waals surface area contributed by atoms with E-state index in [4.69, 9.17) is 0 Å². The van der Waals surface area contributed by atoms with Crippen LogP contribution in [0, 0.1) is 5.92 Å². The molecule has 1 rings (SSSR count). The van der Waals surface area contributed by atoms with Crippen LogP contribution in [-0.4, -0.2) is 16.6 Å². The van der Waals surface area contributed by atoms with Gasteiger partial charge in [0.1, 0.15) is 0 Å². The van der Waals surface area contributed by atoms with Crippen molar-refractivity contribution in [3.05, 3.63) is 0 Å². The van der Waals surface area contributed by atoms with Crippen LogP contribution in [0.4, 0.5) is 8.78 Å². The van der Waals surface area contributed by atoms with Crippen molar-refractivity contribution >= 4 is 0 Å². The van der Waals surface area contributed by atoms with Crippen LogP contribution in [0.25, 0.3) is 0 Å². The minimum atomic E-state index is -2.44. The third-order valence-electron chi connectivity index (χ3n) is 2.67. The van der Waals surface area contributed by atoms with E-state index in [1.165, 1.54) is 0 Å². The molecule has 0 aromatic rings. The highest BCUT2D eigenvalue weighted by molar-refractivity contribution is 4.82. The molecule has 0 aliphatic heterocycles. The van der Waals surface area contributed by atoms with Crippen LogP contribution < -0.4 is 0 Å². The summed E-state index contributed by atoms with van der Waals surface area (Å²) in [6.45, 7) is 3.44. The van der Waals surface area contributed by atoms with Crippen molar-refractivity contribution in [3.63, 3.8) is 0 Å². The zero-order valence-corrected chi connectivity index (χ0v) is 8.32. The maximum atomic E-state index is 12.8. The molecule has 1 N–H and O–H groups in total. The monoisotopic (exact) mass is 192 g/mol. The van der Waals surface area contributed by atoms with Gasteiger partial charge >= 0.3 is 0 Å². The number of alkyl halides is 2. The molecule has 0 saturated heterocycles. The van der Waals surface area contributed by atoms with Crippen molar-refractivity contribution < 1.29 is 13.9 Å². The lowest BCUT2D eigenvalue weighted by Gasteiger charge is -2.19. The fraction of sp³-hybridized carbons (Fsp3) is 1.00. The Bertz CT molecular complexity index is 172. The fourth-order valence-corrected chi connectivity index (χ4v) is 1.85. The molecule has 1 aliphatic carbocycles. The average Bonchev–Trinajstić information content (AvgIpc) is 2.24. The summed E-state index contributed by atoms with van der Waals surface area (Å²) < 4.78 is 25.5. The maximum absolute atomic E-state index is 12.8. The van der Waals surface area contributed by atoms with Gasteiger partial charge in [-0.05, 0) is 39.0 Å². The van der Waals surface area contributed by atoms with Gasteiger partial charge in [0.2, 0.25) is 5.92 Å². The third kappa shape index (κ3) is 4.03. The zero-order valence-electron chi connectivity index (χ0n) is 8.32. The molecule has 1 unspecified atom stereocenters. The summed E-state index contributed by atoms with van der Waals surface area (Å²) in [5.74, 6) is -2.33. The predicted octanol–water partition coefficient (Wildman–Crippen LogP) is 2.97. The summed E-state index contributed by atoms with van der Waals surface area (Å²) >= 11 is 0. The van der Waals surface area contributed by atoms with Gasteiger partial charge in [-0.2, -0.15) is 0 Å². The summed E-state index contributed by atoms with van der Waals surface area (Å²) in [6, 6.07) is 0. The van der Waals surface area contributed by atoms with Gasteiger partial charge in [-0.15, -0.1) is 0 Å². The summed E-state index contributed by atoms with van der Waals surface area (Å²) in [6.07, 6.45) is 2.00. The third-order valence-corrected chi connectivity index (χ3v) is 2.67. The van der Waals surface area contributed by atoms with Gasteiger partial charge in [-0.25, -0.2) is 8.78 Å². The van der Waals surface area contributed by atoms with Crippen molar-refractivity contribution in [1.29, 1.82) is 0 Å². The number of aliphatic hydroxyl groups is 1. The molecular weight excluding hydrogens is 174 g/mol. The first-order valence-corrected chi connectivity index (χ1v) is 4.89. The highest BCUT2D eigenvalue weighted by atomic mass is 19.3. The second-order valence-corrected chi connectivity index (χ2v) is 4.82. The van der Waals surface area contributed by atoms with Gasteiger partial charge in [-0.3, -0.25) is 0 Å². The quantitative estimate of drug-likeness (QED) is 0.728. The van der Waals surface area contributed by atoms with Gasteiger partial charge in [0.05, 0.1) is 5.60 Å². The first-order valence-electron chi connectivity index (χ1n) is 4.89. The Morgan fingerprint density at radius 1 is 1.46 bits per heavy atom. The lowest BCUT2D eigenvalue weighted by Crippen LogP contribution is -2.19. The molecule has 0 aromatic heterocycles. The maximum Gasteiger partial charge on any atom is 0.248 e. The largest absolute Gasteiger partial charge is 0.390 e. The molecule has 0 spiro atoms. The average molecular weight is 192 g/mol. The molecule has 78 valence electrons. The molecule has 0 heterocycles. The van der Waals surface area contributed by atoms with Crippen molar-refractivity contribution in [1.82, 2.24) is 0 Å². The van der Waals surface area contributed by atoms with Gasteiger partial charge in [-0.1, -0.05) is 0 Å². The second kappa shape index (κ2) is 3.52. The lowest BCUT2D eigenvalue weighted by atomic mass is 9.94. The normalized spacial score (nSPS) is 27.9. The molecule has 1 aliphatic rings. The van der Waals surface area contributed by atoms with Gasteiger partial charge in [0.25, 0.3) is 0 Å². The van der Waals surface area contributed by atoms with Crippen molar-refractivity contribution in [2.45, 2.75) is 57.5 Å². The SMILES string of the molecule is CC(C)(O)CCC1CCC(F)(F)C1. The van der Waals surface area contributed by atoms with E-state index in [0.29, 0.717) is 12.8 Å². The molecule has 1 saturated carbocycles. The number of halogens is 2. The van der Waals surface area contributed by atoms with Crippen LogP contribution in [0.5, 0.6) is 0 Å². The Balaban J connectivity index is 2.25. The summed E-state index contributed by atoms with van der Waals surface area (Å²) in [7, 11) is 0. The highest BCUT2D eigenvalue weighted by Crippen LogP contribution is 2.41. The van der Waals surface area contributed by atoms with Crippen molar-refractivity contribution in [3.8, 4) is 0 Å². The van der Waals surface area contributed by atoms with E-state index in [-0.39, 0.29) is 18.8 Å². The Hall–Kier alpha value is -0.180. The lowest BCUT2D eigenvalue weighted by molar-refractivity contribution is 0.00255.